The van der Waals surface area contributed by atoms with Gasteiger partial charge in [0.05, 0.1) is 12.4 Å². The molecule has 0 saturated carbocycles. The summed E-state index contributed by atoms with van der Waals surface area (Å²) in [4.78, 5) is 31.6. The third-order valence-corrected chi connectivity index (χ3v) is 3.44. The van der Waals surface area contributed by atoms with Crippen molar-refractivity contribution in [1.29, 1.82) is 0 Å². The molecule has 8 heteroatoms. The van der Waals surface area contributed by atoms with Crippen molar-refractivity contribution in [2.45, 2.75) is 6.92 Å². The molecule has 0 aliphatic heterocycles. The standard InChI is InChI=1S/C19H16FN5O2/c1-12(26)23-15-3-2-4-16(9-15)25-19(27)17-10-22-18(11-21-17)24-14-7-5-13(20)6-8-14/h2-11H,1H3,(H,22,24)(H,23,26)(H,25,27). The SMILES string of the molecule is CC(=O)Nc1cccc(NC(=O)c2cnc(Nc3ccc(F)cc3)cn2)c1. The van der Waals surface area contributed by atoms with Crippen molar-refractivity contribution in [3.8, 4) is 0 Å². The number of carbonyl (C=O) groups is 2. The normalized spacial score (nSPS) is 10.1. The minimum absolute atomic E-state index is 0.129. The van der Waals surface area contributed by atoms with Gasteiger partial charge in [-0.15, -0.1) is 0 Å². The molecule has 3 aromatic rings. The zero-order valence-corrected chi connectivity index (χ0v) is 14.4. The molecule has 1 heterocycles. The van der Waals surface area contributed by atoms with Gasteiger partial charge in [0.2, 0.25) is 5.91 Å². The first-order chi connectivity index (χ1) is 13.0. The molecule has 1 aromatic heterocycles. The van der Waals surface area contributed by atoms with Gasteiger partial charge in [-0.05, 0) is 42.5 Å². The summed E-state index contributed by atoms with van der Waals surface area (Å²) < 4.78 is 12.9. The van der Waals surface area contributed by atoms with Crippen LogP contribution in [-0.2, 0) is 4.79 Å². The lowest BCUT2D eigenvalue weighted by Crippen LogP contribution is -2.14. The predicted octanol–water partition coefficient (Wildman–Crippen LogP) is 3.57. The molecule has 0 saturated heterocycles. The van der Waals surface area contributed by atoms with E-state index in [1.807, 2.05) is 0 Å². The van der Waals surface area contributed by atoms with Crippen molar-refractivity contribution in [2.24, 2.45) is 0 Å². The second-order valence-electron chi connectivity index (χ2n) is 5.63. The van der Waals surface area contributed by atoms with Gasteiger partial charge in [0.15, 0.2) is 0 Å². The number of carbonyl (C=O) groups excluding carboxylic acids is 2. The van der Waals surface area contributed by atoms with Gasteiger partial charge in [-0.2, -0.15) is 0 Å². The summed E-state index contributed by atoms with van der Waals surface area (Å²) in [5.74, 6) is -0.545. The fourth-order valence-corrected chi connectivity index (χ4v) is 2.26. The van der Waals surface area contributed by atoms with Crippen LogP contribution < -0.4 is 16.0 Å². The molecular weight excluding hydrogens is 349 g/mol. The highest BCUT2D eigenvalue weighted by atomic mass is 19.1. The summed E-state index contributed by atoms with van der Waals surface area (Å²) in [6.07, 6.45) is 2.74. The largest absolute Gasteiger partial charge is 0.339 e. The van der Waals surface area contributed by atoms with Crippen LogP contribution in [0.15, 0.2) is 60.9 Å². The van der Waals surface area contributed by atoms with Crippen molar-refractivity contribution in [3.05, 3.63) is 72.4 Å². The van der Waals surface area contributed by atoms with Gasteiger partial charge in [-0.1, -0.05) is 6.07 Å². The van der Waals surface area contributed by atoms with Crippen LogP contribution in [0.4, 0.5) is 27.3 Å². The monoisotopic (exact) mass is 365 g/mol. The van der Waals surface area contributed by atoms with E-state index in [0.717, 1.165) is 0 Å². The molecule has 2 amide bonds. The lowest BCUT2D eigenvalue weighted by atomic mass is 10.2. The summed E-state index contributed by atoms with van der Waals surface area (Å²) in [6.45, 7) is 1.41. The number of hydrogen-bond acceptors (Lipinski definition) is 5. The molecule has 0 aliphatic carbocycles. The van der Waals surface area contributed by atoms with Crippen LogP contribution in [0.3, 0.4) is 0 Å². The number of nitrogens with zero attached hydrogens (tertiary/aromatic N) is 2. The highest BCUT2D eigenvalue weighted by molar-refractivity contribution is 6.03. The van der Waals surface area contributed by atoms with Gasteiger partial charge in [-0.3, -0.25) is 9.59 Å². The Bertz CT molecular complexity index is 959. The van der Waals surface area contributed by atoms with Gasteiger partial charge in [0.25, 0.3) is 5.91 Å². The Morgan fingerprint density at radius 2 is 1.59 bits per heavy atom. The first kappa shape index (κ1) is 18.0. The molecule has 3 rings (SSSR count). The number of amides is 2. The fraction of sp³-hybridized carbons (Fsp3) is 0.0526. The number of halogens is 1. The van der Waals surface area contributed by atoms with Gasteiger partial charge in [0.1, 0.15) is 17.3 Å². The average Bonchev–Trinajstić information content (AvgIpc) is 2.64. The molecule has 0 unspecified atom stereocenters. The van der Waals surface area contributed by atoms with Crippen molar-refractivity contribution < 1.29 is 14.0 Å². The predicted molar refractivity (Wildman–Crippen MR) is 100 cm³/mol. The average molecular weight is 365 g/mol. The van der Waals surface area contributed by atoms with Crippen molar-refractivity contribution in [3.63, 3.8) is 0 Å². The maximum atomic E-state index is 12.9. The number of benzene rings is 2. The Labute approximate surface area is 154 Å². The van der Waals surface area contributed by atoms with Crippen LogP contribution >= 0.6 is 0 Å². The molecular formula is C19H16FN5O2. The highest BCUT2D eigenvalue weighted by Gasteiger charge is 2.09. The van der Waals surface area contributed by atoms with E-state index < -0.39 is 5.91 Å². The van der Waals surface area contributed by atoms with Gasteiger partial charge in [-0.25, -0.2) is 14.4 Å². The van der Waals surface area contributed by atoms with Gasteiger partial charge < -0.3 is 16.0 Å². The van der Waals surface area contributed by atoms with E-state index in [4.69, 9.17) is 0 Å². The fourth-order valence-electron chi connectivity index (χ4n) is 2.26. The molecule has 7 nitrogen and oxygen atoms in total. The van der Waals surface area contributed by atoms with Crippen molar-refractivity contribution in [2.75, 3.05) is 16.0 Å². The maximum Gasteiger partial charge on any atom is 0.275 e. The molecule has 0 aliphatic rings. The van der Waals surface area contributed by atoms with Crippen LogP contribution in [0.1, 0.15) is 17.4 Å². The van der Waals surface area contributed by atoms with Crippen LogP contribution in [0.5, 0.6) is 0 Å². The minimum Gasteiger partial charge on any atom is -0.339 e. The second kappa shape index (κ2) is 8.05. The Morgan fingerprint density at radius 3 is 2.22 bits per heavy atom. The Balaban J connectivity index is 1.65. The molecule has 0 bridgehead atoms. The smallest absolute Gasteiger partial charge is 0.275 e. The topological polar surface area (TPSA) is 96.0 Å². The Kier molecular flexibility index (Phi) is 5.36. The summed E-state index contributed by atoms with van der Waals surface area (Å²) in [5.41, 5.74) is 1.87. The molecule has 3 N–H and O–H groups in total. The quantitative estimate of drug-likeness (QED) is 0.642. The minimum atomic E-state index is -0.434. The Morgan fingerprint density at radius 1 is 0.889 bits per heavy atom. The summed E-state index contributed by atoms with van der Waals surface area (Å²) in [5, 5.41) is 8.30. The van der Waals surface area contributed by atoms with Crippen molar-refractivity contribution in [1.82, 2.24) is 9.97 Å². The first-order valence-corrected chi connectivity index (χ1v) is 8.03. The second-order valence-corrected chi connectivity index (χ2v) is 5.63. The Hall–Kier alpha value is -3.81. The van der Waals surface area contributed by atoms with Crippen molar-refractivity contribution >= 4 is 34.7 Å². The molecule has 27 heavy (non-hydrogen) atoms. The summed E-state index contributed by atoms with van der Waals surface area (Å²) in [7, 11) is 0. The van der Waals surface area contributed by atoms with Crippen LogP contribution in [-0.4, -0.2) is 21.8 Å². The molecule has 136 valence electrons. The number of rotatable bonds is 5. The lowest BCUT2D eigenvalue weighted by Gasteiger charge is -2.08. The van der Waals surface area contributed by atoms with Crippen LogP contribution in [0, 0.1) is 5.82 Å². The summed E-state index contributed by atoms with van der Waals surface area (Å²) >= 11 is 0. The number of aromatic nitrogens is 2. The first-order valence-electron chi connectivity index (χ1n) is 8.03. The van der Waals surface area contributed by atoms with Gasteiger partial charge >= 0.3 is 0 Å². The van der Waals surface area contributed by atoms with E-state index >= 15 is 0 Å². The lowest BCUT2D eigenvalue weighted by molar-refractivity contribution is -0.114. The van der Waals surface area contributed by atoms with Crippen LogP contribution in [0.2, 0.25) is 0 Å². The number of nitrogens with one attached hydrogen (secondary N) is 3. The molecule has 0 atom stereocenters. The van der Waals surface area contributed by atoms with E-state index in [9.17, 15) is 14.0 Å². The highest BCUT2D eigenvalue weighted by Crippen LogP contribution is 2.17. The van der Waals surface area contributed by atoms with E-state index in [1.165, 1.54) is 31.5 Å². The third-order valence-electron chi connectivity index (χ3n) is 3.44. The van der Waals surface area contributed by atoms with Gasteiger partial charge in [0, 0.05) is 24.0 Å². The van der Waals surface area contributed by atoms with E-state index in [-0.39, 0.29) is 17.4 Å². The third kappa shape index (κ3) is 5.08. The van der Waals surface area contributed by atoms with E-state index in [2.05, 4.69) is 25.9 Å². The van der Waals surface area contributed by atoms with E-state index in [0.29, 0.717) is 22.9 Å². The zero-order chi connectivity index (χ0) is 19.2. The number of hydrogen-bond donors (Lipinski definition) is 3. The molecule has 0 radical (unpaired) electrons. The maximum absolute atomic E-state index is 12.9. The van der Waals surface area contributed by atoms with E-state index in [1.54, 1.807) is 36.4 Å². The zero-order valence-electron chi connectivity index (χ0n) is 14.4. The summed E-state index contributed by atoms with van der Waals surface area (Å²) in [6, 6.07) is 12.5. The molecule has 0 spiro atoms. The number of anilines is 4. The molecule has 2 aromatic carbocycles. The molecule has 0 fully saturated rings. The van der Waals surface area contributed by atoms with Crippen LogP contribution in [0.25, 0.3) is 0 Å².